The third-order valence-corrected chi connectivity index (χ3v) is 2.93. The molecule has 0 heterocycles. The summed E-state index contributed by atoms with van der Waals surface area (Å²) in [6, 6.07) is 5.81. The summed E-state index contributed by atoms with van der Waals surface area (Å²) in [4.78, 5) is 11.1. The predicted octanol–water partition coefficient (Wildman–Crippen LogP) is 4.25. The van der Waals surface area contributed by atoms with Crippen LogP contribution < -0.4 is 0 Å². The number of hydrogen-bond donors (Lipinski definition) is 0. The van der Waals surface area contributed by atoms with Gasteiger partial charge in [0.05, 0.1) is 12.0 Å². The molecule has 0 amide bonds. The lowest BCUT2D eigenvalue weighted by Crippen LogP contribution is -2.05. The highest BCUT2D eigenvalue weighted by Crippen LogP contribution is 2.27. The number of rotatable bonds is 6. The van der Waals surface area contributed by atoms with Crippen LogP contribution in [0, 0.1) is 0 Å². The summed E-state index contributed by atoms with van der Waals surface area (Å²) in [6.45, 7) is 2.08. The van der Waals surface area contributed by atoms with Crippen LogP contribution in [0.4, 0.5) is 8.78 Å². The average molecular weight is 277 g/mol. The molecular weight excluding hydrogens is 262 g/mol. The van der Waals surface area contributed by atoms with Crippen molar-refractivity contribution in [3.8, 4) is 0 Å². The van der Waals surface area contributed by atoms with Crippen molar-refractivity contribution in [3.05, 3.63) is 35.4 Å². The number of carbonyl (C=O) groups excluding carboxylic acids is 1. The van der Waals surface area contributed by atoms with Crippen LogP contribution in [-0.2, 0) is 9.53 Å². The van der Waals surface area contributed by atoms with E-state index >= 15 is 0 Å². The second-order valence-electron chi connectivity index (χ2n) is 3.78. The summed E-state index contributed by atoms with van der Waals surface area (Å²) in [7, 11) is 0. The summed E-state index contributed by atoms with van der Waals surface area (Å²) in [5.74, 6) is -0.299. The molecule has 0 saturated carbocycles. The third kappa shape index (κ3) is 4.61. The van der Waals surface area contributed by atoms with Crippen LogP contribution in [0.5, 0.6) is 0 Å². The van der Waals surface area contributed by atoms with Gasteiger partial charge in [-0.25, -0.2) is 8.78 Å². The SMILES string of the molecule is CCOC(=O)CCC(Cl)c1ccc(C(F)F)cc1. The maximum atomic E-state index is 12.3. The molecule has 1 rings (SSSR count). The normalized spacial score (nSPS) is 12.5. The number of esters is 1. The van der Waals surface area contributed by atoms with E-state index in [1.165, 1.54) is 12.1 Å². The van der Waals surface area contributed by atoms with Crippen molar-refractivity contribution in [1.82, 2.24) is 0 Å². The second kappa shape index (κ2) is 7.31. The number of benzene rings is 1. The zero-order valence-electron chi connectivity index (χ0n) is 10.0. The van der Waals surface area contributed by atoms with Crippen LogP contribution in [-0.4, -0.2) is 12.6 Å². The van der Waals surface area contributed by atoms with Gasteiger partial charge in [0.2, 0.25) is 0 Å². The number of carbonyl (C=O) groups is 1. The Morgan fingerprint density at radius 1 is 1.28 bits per heavy atom. The largest absolute Gasteiger partial charge is 0.466 e. The lowest BCUT2D eigenvalue weighted by Gasteiger charge is -2.10. The Bertz CT molecular complexity index is 379. The molecule has 0 N–H and O–H groups in total. The lowest BCUT2D eigenvalue weighted by molar-refractivity contribution is -0.143. The van der Waals surface area contributed by atoms with Gasteiger partial charge in [0.15, 0.2) is 0 Å². The van der Waals surface area contributed by atoms with Crippen molar-refractivity contribution in [2.45, 2.75) is 31.6 Å². The molecule has 0 radical (unpaired) electrons. The number of halogens is 3. The first-order chi connectivity index (χ1) is 8.54. The Hall–Kier alpha value is -1.16. The first-order valence-corrected chi connectivity index (χ1v) is 6.16. The van der Waals surface area contributed by atoms with Gasteiger partial charge in [-0.3, -0.25) is 4.79 Å². The van der Waals surface area contributed by atoms with Gasteiger partial charge in [-0.15, -0.1) is 11.6 Å². The molecule has 1 unspecified atom stereocenters. The topological polar surface area (TPSA) is 26.3 Å². The number of hydrogen-bond acceptors (Lipinski definition) is 2. The molecule has 0 saturated heterocycles. The van der Waals surface area contributed by atoms with Gasteiger partial charge in [0.1, 0.15) is 0 Å². The molecule has 0 aromatic heterocycles. The van der Waals surface area contributed by atoms with Gasteiger partial charge >= 0.3 is 5.97 Å². The molecule has 1 atom stereocenters. The van der Waals surface area contributed by atoms with Crippen LogP contribution in [0.15, 0.2) is 24.3 Å². The number of alkyl halides is 3. The minimum Gasteiger partial charge on any atom is -0.466 e. The van der Waals surface area contributed by atoms with Crippen LogP contribution in [0.25, 0.3) is 0 Å². The molecule has 1 aromatic carbocycles. The highest BCUT2D eigenvalue weighted by Gasteiger charge is 2.13. The standard InChI is InChI=1S/C13H15ClF2O2/c1-2-18-12(17)8-7-11(14)9-3-5-10(6-4-9)13(15)16/h3-6,11,13H,2,7-8H2,1H3. The molecule has 18 heavy (non-hydrogen) atoms. The minimum atomic E-state index is -2.48. The molecule has 0 spiro atoms. The Labute approximate surface area is 110 Å². The zero-order valence-corrected chi connectivity index (χ0v) is 10.8. The van der Waals surface area contributed by atoms with E-state index in [0.29, 0.717) is 13.0 Å². The molecular formula is C13H15ClF2O2. The van der Waals surface area contributed by atoms with E-state index in [-0.39, 0.29) is 23.3 Å². The first-order valence-electron chi connectivity index (χ1n) is 5.72. The van der Waals surface area contributed by atoms with Crippen molar-refractivity contribution in [2.75, 3.05) is 6.61 Å². The fraction of sp³-hybridized carbons (Fsp3) is 0.462. The van der Waals surface area contributed by atoms with Gasteiger partial charge in [-0.05, 0) is 18.9 Å². The van der Waals surface area contributed by atoms with E-state index in [9.17, 15) is 13.6 Å². The minimum absolute atomic E-state index is 0.0343. The Morgan fingerprint density at radius 3 is 2.33 bits per heavy atom. The smallest absolute Gasteiger partial charge is 0.305 e. The Kier molecular flexibility index (Phi) is 6.05. The van der Waals surface area contributed by atoms with E-state index in [1.807, 2.05) is 0 Å². The quantitative estimate of drug-likeness (QED) is 0.573. The molecule has 0 aliphatic rings. The monoisotopic (exact) mass is 276 g/mol. The van der Waals surface area contributed by atoms with Crippen molar-refractivity contribution in [2.24, 2.45) is 0 Å². The van der Waals surface area contributed by atoms with Gasteiger partial charge < -0.3 is 4.74 Å². The molecule has 5 heteroatoms. The molecule has 100 valence electrons. The molecule has 0 bridgehead atoms. The predicted molar refractivity (Wildman–Crippen MR) is 65.9 cm³/mol. The molecule has 1 aromatic rings. The van der Waals surface area contributed by atoms with Crippen LogP contribution in [0.3, 0.4) is 0 Å². The third-order valence-electron chi connectivity index (χ3n) is 2.46. The van der Waals surface area contributed by atoms with E-state index in [1.54, 1.807) is 19.1 Å². The van der Waals surface area contributed by atoms with Crippen LogP contribution in [0.1, 0.15) is 42.7 Å². The summed E-state index contributed by atoms with van der Waals surface area (Å²) in [6.07, 6.45) is -1.83. The Balaban J connectivity index is 2.51. The van der Waals surface area contributed by atoms with Gasteiger partial charge in [-0.2, -0.15) is 0 Å². The van der Waals surface area contributed by atoms with Gasteiger partial charge in [-0.1, -0.05) is 24.3 Å². The van der Waals surface area contributed by atoms with E-state index in [4.69, 9.17) is 16.3 Å². The fourth-order valence-electron chi connectivity index (χ4n) is 1.49. The molecule has 0 fully saturated rings. The molecule has 0 aliphatic carbocycles. The maximum absolute atomic E-state index is 12.3. The molecule has 2 nitrogen and oxygen atoms in total. The number of ether oxygens (including phenoxy) is 1. The van der Waals surface area contributed by atoms with Crippen LogP contribution >= 0.6 is 11.6 Å². The van der Waals surface area contributed by atoms with E-state index in [0.717, 1.165) is 5.56 Å². The fourth-order valence-corrected chi connectivity index (χ4v) is 1.75. The highest BCUT2D eigenvalue weighted by atomic mass is 35.5. The van der Waals surface area contributed by atoms with Crippen LogP contribution in [0.2, 0.25) is 0 Å². The second-order valence-corrected chi connectivity index (χ2v) is 4.31. The Morgan fingerprint density at radius 2 is 1.83 bits per heavy atom. The van der Waals surface area contributed by atoms with Crippen molar-refractivity contribution < 1.29 is 18.3 Å². The average Bonchev–Trinajstić information content (AvgIpc) is 2.36. The highest BCUT2D eigenvalue weighted by molar-refractivity contribution is 6.20. The summed E-state index contributed by atoms with van der Waals surface area (Å²) in [5, 5.41) is -0.374. The van der Waals surface area contributed by atoms with Crippen molar-refractivity contribution >= 4 is 17.6 Å². The first kappa shape index (κ1) is 14.9. The lowest BCUT2D eigenvalue weighted by atomic mass is 10.1. The zero-order chi connectivity index (χ0) is 13.5. The molecule has 0 aliphatic heterocycles. The van der Waals surface area contributed by atoms with Crippen molar-refractivity contribution in [1.29, 1.82) is 0 Å². The summed E-state index contributed by atoms with van der Waals surface area (Å²) < 4.78 is 29.5. The van der Waals surface area contributed by atoms with E-state index < -0.39 is 6.43 Å². The van der Waals surface area contributed by atoms with Crippen molar-refractivity contribution in [3.63, 3.8) is 0 Å². The van der Waals surface area contributed by atoms with Gasteiger partial charge in [0.25, 0.3) is 6.43 Å². The van der Waals surface area contributed by atoms with Gasteiger partial charge in [0, 0.05) is 12.0 Å². The van der Waals surface area contributed by atoms with E-state index in [2.05, 4.69) is 0 Å². The summed E-state index contributed by atoms with van der Waals surface area (Å²) in [5.41, 5.74) is 0.693. The maximum Gasteiger partial charge on any atom is 0.305 e. The summed E-state index contributed by atoms with van der Waals surface area (Å²) >= 11 is 6.09.